The van der Waals surface area contributed by atoms with Crippen molar-refractivity contribution in [2.24, 2.45) is 5.73 Å². The predicted molar refractivity (Wildman–Crippen MR) is 83.4 cm³/mol. The summed E-state index contributed by atoms with van der Waals surface area (Å²) in [6, 6.07) is 6.99. The molecule has 3 N–H and O–H groups in total. The van der Waals surface area contributed by atoms with E-state index in [-0.39, 0.29) is 31.5 Å². The number of ether oxygens (including phenoxy) is 1. The summed E-state index contributed by atoms with van der Waals surface area (Å²) in [7, 11) is 1.49. The van der Waals surface area contributed by atoms with Gasteiger partial charge < -0.3 is 20.3 Å². The molecule has 0 aliphatic rings. The normalized spacial score (nSPS) is 11.6. The summed E-state index contributed by atoms with van der Waals surface area (Å²) >= 11 is 0. The molecule has 8 heteroatoms. The van der Waals surface area contributed by atoms with Crippen LogP contribution < -0.4 is 11.1 Å². The first-order valence-corrected chi connectivity index (χ1v) is 6.52. The van der Waals surface area contributed by atoms with Gasteiger partial charge in [0, 0.05) is 12.7 Å². The highest BCUT2D eigenvalue weighted by Crippen LogP contribution is 2.20. The third kappa shape index (κ3) is 4.52. The molecule has 0 saturated carbocycles. The van der Waals surface area contributed by atoms with Crippen LogP contribution in [0, 0.1) is 6.92 Å². The molecule has 1 heterocycles. The first-order valence-electron chi connectivity index (χ1n) is 6.52. The maximum absolute atomic E-state index is 11.6. The lowest BCUT2D eigenvalue weighted by Crippen LogP contribution is -2.43. The molecular weight excluding hydrogens is 308 g/mol. The Morgan fingerprint density at radius 2 is 2.18 bits per heavy atom. The van der Waals surface area contributed by atoms with Crippen LogP contribution in [0.5, 0.6) is 0 Å². The molecule has 0 aliphatic carbocycles. The molecule has 1 unspecified atom stereocenters. The van der Waals surface area contributed by atoms with Crippen LogP contribution in [0.1, 0.15) is 11.4 Å². The summed E-state index contributed by atoms with van der Waals surface area (Å²) in [5.41, 5.74) is 7.52. The number of nitrogens with one attached hydrogen (secondary N) is 1. The van der Waals surface area contributed by atoms with Crippen molar-refractivity contribution in [1.82, 2.24) is 15.5 Å². The Kier molecular flexibility index (Phi) is 6.97. The molecule has 22 heavy (non-hydrogen) atoms. The quantitative estimate of drug-likeness (QED) is 0.822. The van der Waals surface area contributed by atoms with Gasteiger partial charge in [0.25, 0.3) is 5.89 Å². The maximum atomic E-state index is 11.6. The molecule has 120 valence electrons. The van der Waals surface area contributed by atoms with Crippen LogP contribution in [0.3, 0.4) is 0 Å². The second-order valence-electron chi connectivity index (χ2n) is 4.61. The van der Waals surface area contributed by atoms with Gasteiger partial charge >= 0.3 is 0 Å². The van der Waals surface area contributed by atoms with E-state index >= 15 is 0 Å². The first-order chi connectivity index (χ1) is 10.1. The van der Waals surface area contributed by atoms with Crippen LogP contribution in [0.15, 0.2) is 28.8 Å². The Balaban J connectivity index is 0.00000242. The van der Waals surface area contributed by atoms with E-state index in [2.05, 4.69) is 15.5 Å². The molecule has 0 spiro atoms. The molecule has 1 aromatic heterocycles. The largest absolute Gasteiger partial charge is 0.383 e. The molecule has 0 saturated heterocycles. The second-order valence-corrected chi connectivity index (χ2v) is 4.61. The minimum Gasteiger partial charge on any atom is -0.383 e. The van der Waals surface area contributed by atoms with Gasteiger partial charge in [-0.15, -0.1) is 12.4 Å². The summed E-state index contributed by atoms with van der Waals surface area (Å²) in [6.07, 6.45) is 0. The van der Waals surface area contributed by atoms with Gasteiger partial charge in [-0.25, -0.2) is 0 Å². The van der Waals surface area contributed by atoms with Crippen LogP contribution in [0.2, 0.25) is 0 Å². The Bertz CT molecular complexity index is 618. The highest BCUT2D eigenvalue weighted by molar-refractivity contribution is 5.85. The molecular formula is C14H19ClN4O3. The number of hydrogen-bond acceptors (Lipinski definition) is 6. The van der Waals surface area contributed by atoms with Crippen LogP contribution >= 0.6 is 12.4 Å². The number of nitrogens with zero attached hydrogens (tertiary/aromatic N) is 2. The standard InChI is InChI=1S/C14H18N4O3.ClH/c1-9-5-3-4-6-10(9)14-17-12(18-21-14)7-16-13(19)11(15)8-20-2;/h3-6,11H,7-8,15H2,1-2H3,(H,16,19);1H. The smallest absolute Gasteiger partial charge is 0.258 e. The van der Waals surface area contributed by atoms with Crippen molar-refractivity contribution in [3.05, 3.63) is 35.7 Å². The van der Waals surface area contributed by atoms with Crippen molar-refractivity contribution < 1.29 is 14.1 Å². The summed E-state index contributed by atoms with van der Waals surface area (Å²) in [6.45, 7) is 2.28. The average Bonchev–Trinajstić information content (AvgIpc) is 2.94. The summed E-state index contributed by atoms with van der Waals surface area (Å²) < 4.78 is 10.0. The number of carbonyl (C=O) groups is 1. The summed E-state index contributed by atoms with van der Waals surface area (Å²) in [5.74, 6) is 0.504. The number of methoxy groups -OCH3 is 1. The van der Waals surface area contributed by atoms with Crippen LogP contribution in [0.25, 0.3) is 11.5 Å². The lowest BCUT2D eigenvalue weighted by Gasteiger charge is -2.09. The predicted octanol–water partition coefficient (Wildman–Crippen LogP) is 1.06. The second kappa shape index (κ2) is 8.47. The third-order valence-electron chi connectivity index (χ3n) is 2.95. The Labute approximate surface area is 134 Å². The van der Waals surface area contributed by atoms with Crippen LogP contribution in [-0.2, 0) is 16.1 Å². The molecule has 7 nitrogen and oxygen atoms in total. The molecule has 0 aliphatic heterocycles. The first kappa shape index (κ1) is 18.1. The van der Waals surface area contributed by atoms with E-state index in [4.69, 9.17) is 15.0 Å². The van der Waals surface area contributed by atoms with Crippen molar-refractivity contribution in [2.45, 2.75) is 19.5 Å². The van der Waals surface area contributed by atoms with Crippen LogP contribution in [0.4, 0.5) is 0 Å². The monoisotopic (exact) mass is 326 g/mol. The number of nitrogens with two attached hydrogens (primary N) is 1. The SMILES string of the molecule is COCC(N)C(=O)NCc1noc(-c2ccccc2C)n1.Cl. The molecule has 1 amide bonds. The number of halogens is 1. The number of rotatable bonds is 6. The summed E-state index contributed by atoms with van der Waals surface area (Å²) in [5, 5.41) is 6.47. The lowest BCUT2D eigenvalue weighted by molar-refractivity contribution is -0.123. The lowest BCUT2D eigenvalue weighted by atomic mass is 10.1. The zero-order valence-electron chi connectivity index (χ0n) is 12.4. The van der Waals surface area contributed by atoms with Crippen molar-refractivity contribution in [3.8, 4) is 11.5 Å². The number of hydrogen-bond donors (Lipinski definition) is 2. The molecule has 2 aromatic rings. The van der Waals surface area contributed by atoms with Crippen molar-refractivity contribution in [3.63, 3.8) is 0 Å². The van der Waals surface area contributed by atoms with E-state index < -0.39 is 6.04 Å². The van der Waals surface area contributed by atoms with Crippen LogP contribution in [-0.4, -0.2) is 35.8 Å². The van der Waals surface area contributed by atoms with Gasteiger partial charge in [-0.05, 0) is 18.6 Å². The Morgan fingerprint density at radius 3 is 2.86 bits per heavy atom. The number of aromatic nitrogens is 2. The van der Waals surface area contributed by atoms with Gasteiger partial charge in [-0.1, -0.05) is 23.4 Å². The van der Waals surface area contributed by atoms with Gasteiger partial charge in [-0.3, -0.25) is 4.79 Å². The minimum absolute atomic E-state index is 0. The fourth-order valence-electron chi connectivity index (χ4n) is 1.80. The van der Waals surface area contributed by atoms with E-state index in [0.717, 1.165) is 11.1 Å². The number of amides is 1. The fraction of sp³-hybridized carbons (Fsp3) is 0.357. The van der Waals surface area contributed by atoms with Gasteiger partial charge in [-0.2, -0.15) is 4.98 Å². The van der Waals surface area contributed by atoms with Gasteiger partial charge in [0.1, 0.15) is 6.04 Å². The molecule has 0 fully saturated rings. The third-order valence-corrected chi connectivity index (χ3v) is 2.95. The summed E-state index contributed by atoms with van der Waals surface area (Å²) in [4.78, 5) is 15.9. The Hall–Kier alpha value is -1.96. The van der Waals surface area contributed by atoms with Gasteiger partial charge in [0.05, 0.1) is 13.2 Å². The topological polar surface area (TPSA) is 103 Å². The Morgan fingerprint density at radius 1 is 1.45 bits per heavy atom. The minimum atomic E-state index is -0.710. The zero-order chi connectivity index (χ0) is 15.2. The van der Waals surface area contributed by atoms with E-state index in [1.807, 2.05) is 31.2 Å². The van der Waals surface area contributed by atoms with Gasteiger partial charge in [0.15, 0.2) is 5.82 Å². The highest BCUT2D eigenvalue weighted by Gasteiger charge is 2.15. The number of aryl methyl sites for hydroxylation is 1. The van der Waals surface area contributed by atoms with E-state index in [0.29, 0.717) is 11.7 Å². The molecule has 0 bridgehead atoms. The van der Waals surface area contributed by atoms with Crippen molar-refractivity contribution in [2.75, 3.05) is 13.7 Å². The number of benzene rings is 1. The molecule has 0 radical (unpaired) electrons. The van der Waals surface area contributed by atoms with Crippen molar-refractivity contribution in [1.29, 1.82) is 0 Å². The molecule has 1 aromatic carbocycles. The van der Waals surface area contributed by atoms with Crippen molar-refractivity contribution >= 4 is 18.3 Å². The van der Waals surface area contributed by atoms with E-state index in [9.17, 15) is 4.79 Å². The maximum Gasteiger partial charge on any atom is 0.258 e. The molecule has 2 rings (SSSR count). The fourth-order valence-corrected chi connectivity index (χ4v) is 1.80. The molecule has 1 atom stereocenters. The highest BCUT2D eigenvalue weighted by atomic mass is 35.5. The zero-order valence-corrected chi connectivity index (χ0v) is 13.2. The van der Waals surface area contributed by atoms with E-state index in [1.54, 1.807) is 0 Å². The average molecular weight is 327 g/mol. The number of carbonyl (C=O) groups excluding carboxylic acids is 1. The van der Waals surface area contributed by atoms with E-state index in [1.165, 1.54) is 7.11 Å². The van der Waals surface area contributed by atoms with Gasteiger partial charge in [0.2, 0.25) is 5.91 Å².